The number of nitrogens with two attached hydrogens (primary N) is 1. The maximum atomic E-state index is 13.6. The predicted molar refractivity (Wildman–Crippen MR) is 116 cm³/mol. The van der Waals surface area contributed by atoms with Crippen LogP contribution in [0.3, 0.4) is 0 Å². The van der Waals surface area contributed by atoms with Crippen LogP contribution in [0, 0.1) is 12.7 Å². The summed E-state index contributed by atoms with van der Waals surface area (Å²) < 4.78 is 29.6. The quantitative estimate of drug-likeness (QED) is 0.595. The lowest BCUT2D eigenvalue weighted by Crippen LogP contribution is -2.47. The molecule has 3 heterocycles. The number of methoxy groups -OCH3 is 1. The fraction of sp³-hybridized carbons (Fsp3) is 0.409. The molecule has 180 valence electrons. The number of aryl methyl sites for hydroxylation is 1. The number of ether oxygens (including phenoxy) is 3. The zero-order valence-corrected chi connectivity index (χ0v) is 18.6. The van der Waals surface area contributed by atoms with Crippen LogP contribution >= 0.6 is 0 Å². The van der Waals surface area contributed by atoms with Crippen molar-refractivity contribution >= 4 is 17.5 Å². The molecule has 0 radical (unpaired) electrons. The molecule has 12 heteroatoms. The summed E-state index contributed by atoms with van der Waals surface area (Å²) in [6, 6.07) is 5.87. The number of benzene rings is 1. The molecule has 11 nitrogen and oxygen atoms in total. The third-order valence-electron chi connectivity index (χ3n) is 5.38. The molecule has 2 amide bonds. The largest absolute Gasteiger partial charge is 0.494 e. The van der Waals surface area contributed by atoms with Crippen molar-refractivity contribution in [1.82, 2.24) is 15.3 Å². The molecule has 0 bridgehead atoms. The topological polar surface area (TPSA) is 147 Å². The van der Waals surface area contributed by atoms with Crippen molar-refractivity contribution in [2.45, 2.75) is 38.2 Å². The number of nitrogens with one attached hydrogen (secondary N) is 1. The van der Waals surface area contributed by atoms with E-state index in [1.165, 1.54) is 25.3 Å². The fourth-order valence-electron chi connectivity index (χ4n) is 3.56. The number of primary amides is 1. The summed E-state index contributed by atoms with van der Waals surface area (Å²) in [5.41, 5.74) is 7.04. The van der Waals surface area contributed by atoms with Gasteiger partial charge in [-0.15, -0.1) is 0 Å². The van der Waals surface area contributed by atoms with Gasteiger partial charge in [-0.3, -0.25) is 9.59 Å². The highest BCUT2D eigenvalue weighted by atomic mass is 19.1. The summed E-state index contributed by atoms with van der Waals surface area (Å²) in [6.07, 6.45) is -1.25. The van der Waals surface area contributed by atoms with E-state index in [9.17, 15) is 14.0 Å². The van der Waals surface area contributed by atoms with Crippen molar-refractivity contribution in [3.05, 3.63) is 52.9 Å². The zero-order chi connectivity index (χ0) is 24.2. The SMILES string of the molecule is COc1cc(CNC(=O)c2cc(C3=NO[C@H]([C@H]4CO[C@H](C(N)=O)CO4)C3)nc(C)n2)ccc1F. The molecule has 34 heavy (non-hydrogen) atoms. The number of rotatable bonds is 7. The Balaban J connectivity index is 1.38. The first-order valence-electron chi connectivity index (χ1n) is 10.6. The van der Waals surface area contributed by atoms with Gasteiger partial charge in [0, 0.05) is 13.0 Å². The van der Waals surface area contributed by atoms with E-state index in [-0.39, 0.29) is 31.2 Å². The van der Waals surface area contributed by atoms with Gasteiger partial charge < -0.3 is 30.1 Å². The van der Waals surface area contributed by atoms with E-state index in [4.69, 9.17) is 24.8 Å². The first-order valence-corrected chi connectivity index (χ1v) is 10.6. The molecule has 0 unspecified atom stereocenters. The van der Waals surface area contributed by atoms with E-state index in [0.717, 1.165) is 0 Å². The van der Waals surface area contributed by atoms with Crippen LogP contribution in [-0.2, 0) is 25.7 Å². The molecule has 1 saturated heterocycles. The van der Waals surface area contributed by atoms with Gasteiger partial charge >= 0.3 is 0 Å². The lowest BCUT2D eigenvalue weighted by molar-refractivity contribution is -0.178. The highest BCUT2D eigenvalue weighted by molar-refractivity contribution is 6.02. The van der Waals surface area contributed by atoms with Gasteiger partial charge in [-0.2, -0.15) is 0 Å². The Labute approximate surface area is 194 Å². The number of oxime groups is 1. The molecular formula is C22H24FN5O6. The Morgan fingerprint density at radius 2 is 2.03 bits per heavy atom. The average Bonchev–Trinajstić information content (AvgIpc) is 3.33. The molecule has 2 aliphatic heterocycles. The molecule has 4 rings (SSSR count). The summed E-state index contributed by atoms with van der Waals surface area (Å²) in [6.45, 7) is 2.02. The Hall–Kier alpha value is -3.64. The number of carbonyl (C=O) groups excluding carboxylic acids is 2. The lowest BCUT2D eigenvalue weighted by atomic mass is 10.0. The summed E-state index contributed by atoms with van der Waals surface area (Å²) in [5, 5.41) is 6.85. The van der Waals surface area contributed by atoms with Gasteiger partial charge in [-0.25, -0.2) is 14.4 Å². The third kappa shape index (κ3) is 5.29. The number of halogens is 1. The van der Waals surface area contributed by atoms with Gasteiger partial charge in [0.1, 0.15) is 23.3 Å². The van der Waals surface area contributed by atoms with E-state index in [0.29, 0.717) is 29.2 Å². The smallest absolute Gasteiger partial charge is 0.270 e. The van der Waals surface area contributed by atoms with Crippen LogP contribution in [0.5, 0.6) is 5.75 Å². The first kappa shape index (κ1) is 23.5. The number of hydrogen-bond acceptors (Lipinski definition) is 9. The number of nitrogens with zero attached hydrogens (tertiary/aromatic N) is 3. The maximum absolute atomic E-state index is 13.6. The summed E-state index contributed by atoms with van der Waals surface area (Å²) in [5.74, 6) is -1.00. The molecule has 1 aromatic carbocycles. The fourth-order valence-corrected chi connectivity index (χ4v) is 3.56. The Morgan fingerprint density at radius 3 is 2.74 bits per heavy atom. The zero-order valence-electron chi connectivity index (χ0n) is 18.6. The van der Waals surface area contributed by atoms with Crippen molar-refractivity contribution in [2.24, 2.45) is 10.9 Å². The molecule has 1 fully saturated rings. The molecule has 3 N–H and O–H groups in total. The summed E-state index contributed by atoms with van der Waals surface area (Å²) in [4.78, 5) is 38.0. The van der Waals surface area contributed by atoms with Crippen LogP contribution in [0.4, 0.5) is 4.39 Å². The second kappa shape index (κ2) is 10.1. The minimum Gasteiger partial charge on any atom is -0.494 e. The first-order chi connectivity index (χ1) is 16.3. The van der Waals surface area contributed by atoms with E-state index >= 15 is 0 Å². The lowest BCUT2D eigenvalue weighted by Gasteiger charge is -2.30. The van der Waals surface area contributed by atoms with Crippen molar-refractivity contribution in [1.29, 1.82) is 0 Å². The number of hydrogen-bond donors (Lipinski definition) is 2. The highest BCUT2D eigenvalue weighted by Gasteiger charge is 2.36. The minimum atomic E-state index is -0.778. The summed E-state index contributed by atoms with van der Waals surface area (Å²) in [7, 11) is 1.37. The molecular weight excluding hydrogens is 449 g/mol. The highest BCUT2D eigenvalue weighted by Crippen LogP contribution is 2.23. The van der Waals surface area contributed by atoms with Crippen molar-refractivity contribution in [3.8, 4) is 5.75 Å². The Kier molecular flexibility index (Phi) is 6.98. The van der Waals surface area contributed by atoms with Gasteiger partial charge in [-0.1, -0.05) is 11.2 Å². The second-order valence-corrected chi connectivity index (χ2v) is 7.82. The molecule has 0 saturated carbocycles. The minimum absolute atomic E-state index is 0.0477. The van der Waals surface area contributed by atoms with Gasteiger partial charge in [-0.05, 0) is 30.7 Å². The van der Waals surface area contributed by atoms with Crippen LogP contribution in [-0.4, -0.2) is 66.1 Å². The van der Waals surface area contributed by atoms with Crippen LogP contribution in [0.15, 0.2) is 29.4 Å². The Bertz CT molecular complexity index is 1120. The Morgan fingerprint density at radius 1 is 1.21 bits per heavy atom. The molecule has 1 aromatic heterocycles. The predicted octanol–water partition coefficient (Wildman–Crippen LogP) is 0.625. The van der Waals surface area contributed by atoms with Crippen LogP contribution in [0.1, 0.15) is 34.0 Å². The number of amides is 2. The molecule has 0 aliphatic carbocycles. The number of aromatic nitrogens is 2. The van der Waals surface area contributed by atoms with Crippen LogP contribution < -0.4 is 15.8 Å². The van der Waals surface area contributed by atoms with E-state index < -0.39 is 35.9 Å². The van der Waals surface area contributed by atoms with E-state index in [2.05, 4.69) is 20.4 Å². The molecule has 2 aromatic rings. The van der Waals surface area contributed by atoms with Crippen molar-refractivity contribution in [2.75, 3.05) is 20.3 Å². The van der Waals surface area contributed by atoms with Crippen LogP contribution in [0.2, 0.25) is 0 Å². The second-order valence-electron chi connectivity index (χ2n) is 7.82. The standard InChI is InChI=1S/C22H24FN5O6/c1-11-26-14(15-7-18(34-28-15)19-9-33-20(10-32-19)21(24)29)6-16(27-11)22(30)25-8-12-3-4-13(23)17(5-12)31-2/h3-6,18-20H,7-10H2,1-2H3,(H2,24,29)(H,25,30)/t18-,19+,20-/m0/s1. The van der Waals surface area contributed by atoms with Crippen LogP contribution in [0.25, 0.3) is 0 Å². The monoisotopic (exact) mass is 473 g/mol. The third-order valence-corrected chi connectivity index (χ3v) is 5.38. The van der Waals surface area contributed by atoms with Crippen molar-refractivity contribution < 1.29 is 33.0 Å². The van der Waals surface area contributed by atoms with E-state index in [1.807, 2.05) is 0 Å². The van der Waals surface area contributed by atoms with Gasteiger partial charge in [0.25, 0.3) is 5.91 Å². The molecule has 0 spiro atoms. The molecule has 2 aliphatic rings. The maximum Gasteiger partial charge on any atom is 0.270 e. The van der Waals surface area contributed by atoms with E-state index in [1.54, 1.807) is 13.0 Å². The average molecular weight is 473 g/mol. The summed E-state index contributed by atoms with van der Waals surface area (Å²) >= 11 is 0. The van der Waals surface area contributed by atoms with Crippen molar-refractivity contribution in [3.63, 3.8) is 0 Å². The van der Waals surface area contributed by atoms with Gasteiger partial charge in [0.15, 0.2) is 23.8 Å². The van der Waals surface area contributed by atoms with Gasteiger partial charge in [0.2, 0.25) is 5.91 Å². The van der Waals surface area contributed by atoms with Gasteiger partial charge in [0.05, 0.1) is 26.0 Å². The number of carbonyl (C=O) groups is 2. The molecule has 3 atom stereocenters. The normalized spacial score (nSPS) is 22.0.